The predicted molar refractivity (Wildman–Crippen MR) is 100 cm³/mol. The van der Waals surface area contributed by atoms with Crippen LogP contribution in [0.4, 0.5) is 0 Å². The number of likely N-dealkylation sites (N-methyl/N-ethyl adjacent to an activating group) is 1. The predicted octanol–water partition coefficient (Wildman–Crippen LogP) is 2.28. The summed E-state index contributed by atoms with van der Waals surface area (Å²) in [5.41, 5.74) is 7.32. The Bertz CT molecular complexity index is 605. The molecule has 1 amide bonds. The minimum absolute atomic E-state index is 0.135. The Hall–Kier alpha value is -1.59. The minimum Gasteiger partial charge on any atom is -0.493 e. The summed E-state index contributed by atoms with van der Waals surface area (Å²) in [7, 11) is 2.20. The second kappa shape index (κ2) is 8.19. The molecule has 0 unspecified atom stereocenters. The third kappa shape index (κ3) is 4.33. The van der Waals surface area contributed by atoms with E-state index in [1.54, 1.807) is 0 Å². The fraction of sp³-hybridized carbons (Fsp3) is 0.650. The number of carbonyl (C=O) groups excluding carboxylic acids is 1. The van der Waals surface area contributed by atoms with E-state index >= 15 is 0 Å². The Labute approximate surface area is 151 Å². The van der Waals surface area contributed by atoms with Crippen molar-refractivity contribution in [2.45, 2.75) is 38.6 Å². The van der Waals surface area contributed by atoms with Crippen molar-refractivity contribution < 1.29 is 9.53 Å². The molecule has 5 heteroatoms. The van der Waals surface area contributed by atoms with E-state index in [2.05, 4.69) is 16.8 Å². The normalized spacial score (nSPS) is 24.0. The average Bonchev–Trinajstić information content (AvgIpc) is 2.84. The molecule has 0 aliphatic carbocycles. The molecule has 2 N–H and O–H groups in total. The smallest absolute Gasteiger partial charge is 0.254 e. The van der Waals surface area contributed by atoms with Gasteiger partial charge in [0.2, 0.25) is 0 Å². The summed E-state index contributed by atoms with van der Waals surface area (Å²) in [5.74, 6) is 1.52. The molecule has 0 aromatic heterocycles. The second-order valence-electron chi connectivity index (χ2n) is 7.57. The maximum Gasteiger partial charge on any atom is 0.254 e. The van der Waals surface area contributed by atoms with Gasteiger partial charge in [-0.2, -0.15) is 0 Å². The molecule has 3 rings (SSSR count). The number of carbonyl (C=O) groups is 1. The van der Waals surface area contributed by atoms with Crippen molar-refractivity contribution in [3.05, 3.63) is 29.3 Å². The number of hydrogen-bond acceptors (Lipinski definition) is 4. The van der Waals surface area contributed by atoms with Crippen LogP contribution in [-0.2, 0) is 0 Å². The molecule has 0 spiro atoms. The highest BCUT2D eigenvalue weighted by molar-refractivity contribution is 5.94. The molecule has 0 saturated carbocycles. The Morgan fingerprint density at radius 3 is 2.92 bits per heavy atom. The van der Waals surface area contributed by atoms with Gasteiger partial charge in [0.25, 0.3) is 5.91 Å². The van der Waals surface area contributed by atoms with E-state index < -0.39 is 0 Å². The highest BCUT2D eigenvalue weighted by Gasteiger charge is 2.33. The molecule has 1 aromatic carbocycles. The summed E-state index contributed by atoms with van der Waals surface area (Å²) in [5, 5.41) is 0. The third-order valence-corrected chi connectivity index (χ3v) is 5.56. The molecule has 25 heavy (non-hydrogen) atoms. The van der Waals surface area contributed by atoms with E-state index in [1.165, 1.54) is 19.3 Å². The molecule has 2 aliphatic heterocycles. The van der Waals surface area contributed by atoms with Gasteiger partial charge in [0.1, 0.15) is 5.75 Å². The third-order valence-electron chi connectivity index (χ3n) is 5.56. The van der Waals surface area contributed by atoms with Crippen molar-refractivity contribution in [2.24, 2.45) is 11.7 Å². The van der Waals surface area contributed by atoms with E-state index in [-0.39, 0.29) is 5.91 Å². The number of nitrogens with two attached hydrogens (primary N) is 1. The lowest BCUT2D eigenvalue weighted by Crippen LogP contribution is -2.42. The quantitative estimate of drug-likeness (QED) is 0.832. The Morgan fingerprint density at radius 1 is 1.28 bits per heavy atom. The van der Waals surface area contributed by atoms with Crippen molar-refractivity contribution in [2.75, 3.05) is 39.8 Å². The van der Waals surface area contributed by atoms with Crippen molar-refractivity contribution in [3.8, 4) is 5.75 Å². The number of fused-ring (bicyclic) bond motifs is 3. The van der Waals surface area contributed by atoms with E-state index in [1.807, 2.05) is 25.1 Å². The standard InChI is InChI=1S/C20H31N3O2/c1-15-7-8-17(11-19(15)25-10-4-9-21)20(24)23-13-16-5-3-6-18(14-23)22(2)12-16/h7-8,11,16,18H,3-6,9-10,12-14,21H2,1-2H3/t16-,18-/m0/s1. The summed E-state index contributed by atoms with van der Waals surface area (Å²) >= 11 is 0. The number of likely N-dealkylation sites (tertiary alicyclic amines) is 1. The van der Waals surface area contributed by atoms with Crippen LogP contribution in [0.1, 0.15) is 41.6 Å². The number of hydrogen-bond donors (Lipinski definition) is 1. The van der Waals surface area contributed by atoms with Gasteiger partial charge in [-0.25, -0.2) is 0 Å². The molecule has 2 bridgehead atoms. The number of nitrogens with zero attached hydrogens (tertiary/aromatic N) is 2. The highest BCUT2D eigenvalue weighted by Crippen LogP contribution is 2.27. The van der Waals surface area contributed by atoms with Crippen LogP contribution < -0.4 is 10.5 Å². The Kier molecular flexibility index (Phi) is 5.97. The fourth-order valence-corrected chi connectivity index (χ4v) is 4.03. The maximum atomic E-state index is 13.1. The van der Waals surface area contributed by atoms with Crippen LogP contribution in [-0.4, -0.2) is 61.6 Å². The first kappa shape index (κ1) is 18.2. The molecule has 2 atom stereocenters. The lowest BCUT2D eigenvalue weighted by Gasteiger charge is -2.30. The summed E-state index contributed by atoms with van der Waals surface area (Å²) in [4.78, 5) is 17.6. The van der Waals surface area contributed by atoms with Crippen LogP contribution in [0, 0.1) is 12.8 Å². The van der Waals surface area contributed by atoms with Gasteiger partial charge in [0.15, 0.2) is 0 Å². The number of rotatable bonds is 5. The van der Waals surface area contributed by atoms with Crippen LogP contribution in [0.3, 0.4) is 0 Å². The van der Waals surface area contributed by atoms with Gasteiger partial charge >= 0.3 is 0 Å². The number of ether oxygens (including phenoxy) is 1. The van der Waals surface area contributed by atoms with Gasteiger partial charge in [0.05, 0.1) is 6.61 Å². The first-order chi connectivity index (χ1) is 12.1. The Balaban J connectivity index is 1.75. The Morgan fingerprint density at radius 2 is 2.12 bits per heavy atom. The molecule has 1 aromatic rings. The van der Waals surface area contributed by atoms with E-state index in [0.29, 0.717) is 25.1 Å². The fourth-order valence-electron chi connectivity index (χ4n) is 4.03. The highest BCUT2D eigenvalue weighted by atomic mass is 16.5. The largest absolute Gasteiger partial charge is 0.493 e. The zero-order valence-corrected chi connectivity index (χ0v) is 15.5. The second-order valence-corrected chi connectivity index (χ2v) is 7.57. The van der Waals surface area contributed by atoms with Crippen LogP contribution >= 0.6 is 0 Å². The first-order valence-corrected chi connectivity index (χ1v) is 9.51. The number of aryl methyl sites for hydroxylation is 1. The van der Waals surface area contributed by atoms with Gasteiger partial charge < -0.3 is 20.3 Å². The van der Waals surface area contributed by atoms with Crippen molar-refractivity contribution in [3.63, 3.8) is 0 Å². The summed E-state index contributed by atoms with van der Waals surface area (Å²) in [6.45, 7) is 6.03. The van der Waals surface area contributed by atoms with Crippen LogP contribution in [0.5, 0.6) is 5.75 Å². The maximum absolute atomic E-state index is 13.1. The van der Waals surface area contributed by atoms with Gasteiger partial charge in [-0.15, -0.1) is 0 Å². The minimum atomic E-state index is 0.135. The molecular weight excluding hydrogens is 314 g/mol. The van der Waals surface area contributed by atoms with E-state index in [9.17, 15) is 4.79 Å². The molecule has 138 valence electrons. The SMILES string of the molecule is Cc1ccc(C(=O)N2C[C@H]3CCC[C@@H](C2)N(C)C3)cc1OCCCN. The lowest BCUT2D eigenvalue weighted by atomic mass is 9.99. The van der Waals surface area contributed by atoms with Gasteiger partial charge in [-0.05, 0) is 63.4 Å². The lowest BCUT2D eigenvalue weighted by molar-refractivity contribution is 0.0710. The van der Waals surface area contributed by atoms with Crippen LogP contribution in [0.15, 0.2) is 18.2 Å². The van der Waals surface area contributed by atoms with Crippen molar-refractivity contribution in [1.29, 1.82) is 0 Å². The average molecular weight is 345 g/mol. The zero-order chi connectivity index (χ0) is 17.8. The van der Waals surface area contributed by atoms with Gasteiger partial charge in [-0.3, -0.25) is 4.79 Å². The summed E-state index contributed by atoms with van der Waals surface area (Å²) < 4.78 is 5.81. The van der Waals surface area contributed by atoms with Gasteiger partial charge in [-0.1, -0.05) is 12.5 Å². The topological polar surface area (TPSA) is 58.8 Å². The first-order valence-electron chi connectivity index (χ1n) is 9.51. The number of amides is 1. The number of benzene rings is 1. The molecule has 5 nitrogen and oxygen atoms in total. The van der Waals surface area contributed by atoms with Crippen LogP contribution in [0.25, 0.3) is 0 Å². The van der Waals surface area contributed by atoms with Crippen molar-refractivity contribution in [1.82, 2.24) is 9.80 Å². The summed E-state index contributed by atoms with van der Waals surface area (Å²) in [6.07, 6.45) is 4.52. The van der Waals surface area contributed by atoms with E-state index in [4.69, 9.17) is 10.5 Å². The molecule has 2 saturated heterocycles. The molecular formula is C20H31N3O2. The monoisotopic (exact) mass is 345 g/mol. The van der Waals surface area contributed by atoms with Gasteiger partial charge in [0, 0.05) is 31.2 Å². The molecule has 2 fully saturated rings. The molecule has 2 heterocycles. The molecule has 2 aliphatic rings. The van der Waals surface area contributed by atoms with E-state index in [0.717, 1.165) is 42.9 Å². The summed E-state index contributed by atoms with van der Waals surface area (Å²) in [6, 6.07) is 6.30. The van der Waals surface area contributed by atoms with Crippen molar-refractivity contribution >= 4 is 5.91 Å². The zero-order valence-electron chi connectivity index (χ0n) is 15.5. The van der Waals surface area contributed by atoms with Crippen LogP contribution in [0.2, 0.25) is 0 Å². The molecule has 0 radical (unpaired) electrons.